The van der Waals surface area contributed by atoms with Crippen molar-refractivity contribution in [2.24, 2.45) is 17.1 Å². The lowest BCUT2D eigenvalue weighted by molar-refractivity contribution is 0.0343. The SMILES string of the molecule is CC(C)(C)CN(C(=O)O)C(CN)C[C@H]1CCCOC1. The molecule has 0 aromatic rings. The molecule has 3 N–H and O–H groups in total. The summed E-state index contributed by atoms with van der Waals surface area (Å²) in [6.07, 6.45) is 2.11. The second kappa shape index (κ2) is 7.10. The first-order valence-electron chi connectivity index (χ1n) is 7.11. The van der Waals surface area contributed by atoms with Crippen LogP contribution in [0, 0.1) is 11.3 Å². The lowest BCUT2D eigenvalue weighted by Crippen LogP contribution is -2.48. The normalized spacial score (nSPS) is 22.0. The summed E-state index contributed by atoms with van der Waals surface area (Å²) in [6.45, 7) is 8.57. The Bertz CT molecular complexity index is 283. The monoisotopic (exact) mass is 272 g/mol. The largest absolute Gasteiger partial charge is 0.465 e. The van der Waals surface area contributed by atoms with Crippen LogP contribution in [0.15, 0.2) is 0 Å². The maximum absolute atomic E-state index is 11.5. The van der Waals surface area contributed by atoms with E-state index in [9.17, 15) is 9.90 Å². The molecule has 0 spiro atoms. The lowest BCUT2D eigenvalue weighted by atomic mass is 9.91. The molecule has 0 aliphatic carbocycles. The third-order valence-corrected chi connectivity index (χ3v) is 3.46. The molecule has 19 heavy (non-hydrogen) atoms. The molecule has 1 heterocycles. The maximum atomic E-state index is 11.5. The minimum absolute atomic E-state index is 0.0606. The molecule has 0 bridgehead atoms. The Morgan fingerprint density at radius 2 is 2.21 bits per heavy atom. The van der Waals surface area contributed by atoms with Crippen LogP contribution >= 0.6 is 0 Å². The molecule has 1 unspecified atom stereocenters. The molecular formula is C14H28N2O3. The van der Waals surface area contributed by atoms with E-state index in [0.29, 0.717) is 19.0 Å². The van der Waals surface area contributed by atoms with Gasteiger partial charge in [0.2, 0.25) is 0 Å². The van der Waals surface area contributed by atoms with Gasteiger partial charge in [-0.25, -0.2) is 4.79 Å². The molecule has 0 saturated carbocycles. The first-order chi connectivity index (χ1) is 8.83. The zero-order valence-electron chi connectivity index (χ0n) is 12.4. The van der Waals surface area contributed by atoms with Crippen LogP contribution in [0.25, 0.3) is 0 Å². The molecule has 0 aromatic carbocycles. The van der Waals surface area contributed by atoms with Crippen molar-refractivity contribution in [3.8, 4) is 0 Å². The standard InChI is InChI=1S/C14H28N2O3/c1-14(2,3)10-16(13(17)18)12(8-15)7-11-5-4-6-19-9-11/h11-12H,4-10,15H2,1-3H3,(H,17,18)/t11-,12?/m1/s1. The quantitative estimate of drug-likeness (QED) is 0.804. The second-order valence-electron chi connectivity index (χ2n) is 6.68. The van der Waals surface area contributed by atoms with Crippen LogP contribution in [-0.2, 0) is 4.74 Å². The Morgan fingerprint density at radius 3 is 2.63 bits per heavy atom. The van der Waals surface area contributed by atoms with Gasteiger partial charge in [-0.05, 0) is 30.6 Å². The van der Waals surface area contributed by atoms with E-state index in [1.54, 1.807) is 0 Å². The number of rotatable bonds is 5. The molecule has 5 heteroatoms. The number of carboxylic acid groups (broad SMARTS) is 1. The molecule has 1 saturated heterocycles. The van der Waals surface area contributed by atoms with Gasteiger partial charge < -0.3 is 20.5 Å². The summed E-state index contributed by atoms with van der Waals surface area (Å²) in [6, 6.07) is -0.108. The van der Waals surface area contributed by atoms with Gasteiger partial charge >= 0.3 is 6.09 Å². The minimum Gasteiger partial charge on any atom is -0.465 e. The first-order valence-corrected chi connectivity index (χ1v) is 7.11. The molecule has 1 amide bonds. The van der Waals surface area contributed by atoms with E-state index < -0.39 is 6.09 Å². The molecule has 2 atom stereocenters. The van der Waals surface area contributed by atoms with Crippen LogP contribution in [0.5, 0.6) is 0 Å². The molecular weight excluding hydrogens is 244 g/mol. The van der Waals surface area contributed by atoms with Gasteiger partial charge in [0, 0.05) is 32.3 Å². The lowest BCUT2D eigenvalue weighted by Gasteiger charge is -2.36. The summed E-state index contributed by atoms with van der Waals surface area (Å²) in [5.41, 5.74) is 5.74. The van der Waals surface area contributed by atoms with Crippen LogP contribution < -0.4 is 5.73 Å². The van der Waals surface area contributed by atoms with Crippen molar-refractivity contribution >= 4 is 6.09 Å². The fourth-order valence-corrected chi connectivity index (χ4v) is 2.59. The van der Waals surface area contributed by atoms with Gasteiger partial charge in [0.05, 0.1) is 0 Å². The van der Waals surface area contributed by atoms with Crippen LogP contribution in [-0.4, -0.2) is 48.4 Å². The van der Waals surface area contributed by atoms with Crippen molar-refractivity contribution in [1.82, 2.24) is 4.90 Å². The number of amides is 1. The van der Waals surface area contributed by atoms with Crippen molar-refractivity contribution in [3.05, 3.63) is 0 Å². The Balaban J connectivity index is 2.64. The maximum Gasteiger partial charge on any atom is 0.407 e. The second-order valence-corrected chi connectivity index (χ2v) is 6.68. The molecule has 1 fully saturated rings. The van der Waals surface area contributed by atoms with Crippen LogP contribution in [0.3, 0.4) is 0 Å². The summed E-state index contributed by atoms with van der Waals surface area (Å²) in [4.78, 5) is 13.0. The number of hydrogen-bond acceptors (Lipinski definition) is 3. The number of hydrogen-bond donors (Lipinski definition) is 2. The molecule has 5 nitrogen and oxygen atoms in total. The average Bonchev–Trinajstić information content (AvgIpc) is 2.33. The predicted octanol–water partition coefficient (Wildman–Crippen LogP) is 2.16. The van der Waals surface area contributed by atoms with Crippen LogP contribution in [0.1, 0.15) is 40.0 Å². The van der Waals surface area contributed by atoms with Crippen LogP contribution in [0.2, 0.25) is 0 Å². The van der Waals surface area contributed by atoms with Crippen molar-refractivity contribution in [2.75, 3.05) is 26.3 Å². The topological polar surface area (TPSA) is 75.8 Å². The van der Waals surface area contributed by atoms with Crippen molar-refractivity contribution in [2.45, 2.75) is 46.1 Å². The van der Waals surface area contributed by atoms with Gasteiger partial charge in [-0.2, -0.15) is 0 Å². The van der Waals surface area contributed by atoms with Gasteiger partial charge in [0.25, 0.3) is 0 Å². The van der Waals surface area contributed by atoms with Gasteiger partial charge in [-0.1, -0.05) is 20.8 Å². The highest BCUT2D eigenvalue weighted by atomic mass is 16.5. The Kier molecular flexibility index (Phi) is 6.07. The number of carbonyl (C=O) groups is 1. The van der Waals surface area contributed by atoms with E-state index in [1.807, 2.05) is 20.8 Å². The molecule has 112 valence electrons. The summed E-state index contributed by atoms with van der Waals surface area (Å²) >= 11 is 0. The number of ether oxygens (including phenoxy) is 1. The van der Waals surface area contributed by atoms with Gasteiger partial charge in [0.15, 0.2) is 0 Å². The Morgan fingerprint density at radius 1 is 1.53 bits per heavy atom. The van der Waals surface area contributed by atoms with E-state index in [2.05, 4.69) is 0 Å². The number of nitrogens with zero attached hydrogens (tertiary/aromatic N) is 1. The summed E-state index contributed by atoms with van der Waals surface area (Å²) in [5.74, 6) is 0.434. The number of nitrogens with two attached hydrogens (primary N) is 1. The molecule has 0 radical (unpaired) electrons. The van der Waals surface area contributed by atoms with Crippen molar-refractivity contribution in [3.63, 3.8) is 0 Å². The molecule has 1 rings (SSSR count). The van der Waals surface area contributed by atoms with E-state index in [4.69, 9.17) is 10.5 Å². The highest BCUT2D eigenvalue weighted by molar-refractivity contribution is 5.65. The third kappa shape index (κ3) is 5.78. The van der Waals surface area contributed by atoms with E-state index in [1.165, 1.54) is 4.90 Å². The van der Waals surface area contributed by atoms with Gasteiger partial charge in [-0.15, -0.1) is 0 Å². The van der Waals surface area contributed by atoms with Crippen molar-refractivity contribution in [1.29, 1.82) is 0 Å². The van der Waals surface area contributed by atoms with Crippen molar-refractivity contribution < 1.29 is 14.6 Å². The summed E-state index contributed by atoms with van der Waals surface area (Å²) in [7, 11) is 0. The first kappa shape index (κ1) is 16.2. The smallest absolute Gasteiger partial charge is 0.407 e. The van der Waals surface area contributed by atoms with E-state index in [0.717, 1.165) is 32.5 Å². The molecule has 1 aliphatic heterocycles. The highest BCUT2D eigenvalue weighted by Gasteiger charge is 2.29. The fourth-order valence-electron chi connectivity index (χ4n) is 2.59. The fraction of sp³-hybridized carbons (Fsp3) is 0.929. The Labute approximate surface area is 116 Å². The summed E-state index contributed by atoms with van der Waals surface area (Å²) in [5, 5.41) is 9.41. The minimum atomic E-state index is -0.873. The van der Waals surface area contributed by atoms with E-state index >= 15 is 0 Å². The average molecular weight is 272 g/mol. The zero-order chi connectivity index (χ0) is 14.5. The van der Waals surface area contributed by atoms with Crippen LogP contribution in [0.4, 0.5) is 4.79 Å². The summed E-state index contributed by atoms with van der Waals surface area (Å²) < 4.78 is 5.46. The highest BCUT2D eigenvalue weighted by Crippen LogP contribution is 2.24. The predicted molar refractivity (Wildman–Crippen MR) is 75.2 cm³/mol. The zero-order valence-corrected chi connectivity index (χ0v) is 12.4. The molecule has 1 aliphatic rings. The Hall–Kier alpha value is -0.810. The molecule has 0 aromatic heterocycles. The van der Waals surface area contributed by atoms with E-state index in [-0.39, 0.29) is 11.5 Å². The van der Waals surface area contributed by atoms with Gasteiger partial charge in [-0.3, -0.25) is 0 Å². The third-order valence-electron chi connectivity index (χ3n) is 3.46. The van der Waals surface area contributed by atoms with Gasteiger partial charge in [0.1, 0.15) is 0 Å².